The third-order valence-corrected chi connectivity index (χ3v) is 1.63. The van der Waals surface area contributed by atoms with Crippen molar-refractivity contribution < 1.29 is 5.11 Å². The minimum Gasteiger partial charge on any atom is -0.393 e. The molecule has 1 heterocycles. The van der Waals surface area contributed by atoms with Gasteiger partial charge in [0.05, 0.1) is 6.10 Å². The molecule has 1 aliphatic heterocycles. The van der Waals surface area contributed by atoms with Gasteiger partial charge < -0.3 is 10.0 Å². The van der Waals surface area contributed by atoms with Crippen LogP contribution >= 0.6 is 0 Å². The lowest BCUT2D eigenvalue weighted by atomic mass is 10.3. The number of rotatable bonds is 0. The molecule has 9 heavy (non-hydrogen) atoms. The summed E-state index contributed by atoms with van der Waals surface area (Å²) in [6, 6.07) is 0. The molecule has 1 aliphatic carbocycles. The Kier molecular flexibility index (Phi) is 2.49. The second kappa shape index (κ2) is 3.18. The van der Waals surface area contributed by atoms with Gasteiger partial charge in [-0.15, -0.1) is 0 Å². The zero-order valence-corrected chi connectivity index (χ0v) is 6.01. The van der Waals surface area contributed by atoms with Crippen LogP contribution in [0.1, 0.15) is 19.3 Å². The largest absolute Gasteiger partial charge is 0.393 e. The summed E-state index contributed by atoms with van der Waals surface area (Å²) >= 11 is 0. The van der Waals surface area contributed by atoms with E-state index in [0.29, 0.717) is 0 Å². The van der Waals surface area contributed by atoms with Gasteiger partial charge in [-0.25, -0.2) is 0 Å². The summed E-state index contributed by atoms with van der Waals surface area (Å²) in [6.45, 7) is 2.64. The molecule has 1 saturated carbocycles. The maximum absolute atomic E-state index is 8.17. The van der Waals surface area contributed by atoms with Crippen molar-refractivity contribution in [3.05, 3.63) is 0 Å². The Morgan fingerprint density at radius 3 is 1.67 bits per heavy atom. The van der Waals surface area contributed by atoms with Gasteiger partial charge in [0.15, 0.2) is 0 Å². The van der Waals surface area contributed by atoms with Gasteiger partial charge in [-0.2, -0.15) is 0 Å². The first kappa shape index (κ1) is 7.03. The number of aliphatic hydroxyl groups excluding tert-OH is 1. The van der Waals surface area contributed by atoms with Crippen LogP contribution in [0.2, 0.25) is 0 Å². The van der Waals surface area contributed by atoms with Crippen LogP contribution in [0.25, 0.3) is 0 Å². The van der Waals surface area contributed by atoms with Crippen LogP contribution in [0.15, 0.2) is 0 Å². The Morgan fingerprint density at radius 1 is 1.33 bits per heavy atom. The van der Waals surface area contributed by atoms with Crippen LogP contribution in [0.3, 0.4) is 0 Å². The predicted molar refractivity (Wildman–Crippen MR) is 37.4 cm³/mol. The molecular weight excluding hydrogens is 114 g/mol. The van der Waals surface area contributed by atoms with Gasteiger partial charge in [0, 0.05) is 0 Å². The average Bonchev–Trinajstić information content (AvgIpc) is 2.47. The highest BCUT2D eigenvalue weighted by Crippen LogP contribution is 2.16. The molecular formula is C7H15NO. The van der Waals surface area contributed by atoms with Crippen LogP contribution in [0.4, 0.5) is 0 Å². The fourth-order valence-corrected chi connectivity index (χ4v) is 0.549. The number of hydrogen-bond donors (Lipinski definition) is 1. The second-order valence-electron chi connectivity index (χ2n) is 2.89. The number of hydrogen-bond acceptors (Lipinski definition) is 2. The first-order valence-corrected chi connectivity index (χ1v) is 3.65. The lowest BCUT2D eigenvalue weighted by Crippen LogP contribution is -2.32. The molecule has 1 N–H and O–H groups in total. The summed E-state index contributed by atoms with van der Waals surface area (Å²) in [7, 11) is 2.14. The molecule has 54 valence electrons. The molecule has 2 nitrogen and oxygen atoms in total. The van der Waals surface area contributed by atoms with Gasteiger partial charge >= 0.3 is 0 Å². The normalized spacial score (nSPS) is 26.0. The second-order valence-corrected chi connectivity index (χ2v) is 2.89. The topological polar surface area (TPSA) is 23.5 Å². The molecule has 0 spiro atoms. The highest BCUT2D eigenvalue weighted by atomic mass is 16.3. The fourth-order valence-electron chi connectivity index (χ4n) is 0.549. The number of aliphatic hydroxyl groups is 1. The van der Waals surface area contributed by atoms with E-state index in [4.69, 9.17) is 5.11 Å². The molecule has 0 amide bonds. The summed E-state index contributed by atoms with van der Waals surface area (Å²) in [6.07, 6.45) is 3.58. The van der Waals surface area contributed by atoms with Crippen molar-refractivity contribution in [1.82, 2.24) is 4.90 Å². The van der Waals surface area contributed by atoms with E-state index in [9.17, 15) is 0 Å². The van der Waals surface area contributed by atoms with Crippen molar-refractivity contribution in [3.63, 3.8) is 0 Å². The predicted octanol–water partition coefficient (Wildman–Crippen LogP) is 0.463. The van der Waals surface area contributed by atoms with Crippen molar-refractivity contribution >= 4 is 0 Å². The zero-order valence-electron chi connectivity index (χ0n) is 6.01. The summed E-state index contributed by atoms with van der Waals surface area (Å²) in [4.78, 5) is 2.31. The first-order valence-electron chi connectivity index (χ1n) is 3.65. The molecule has 0 aromatic heterocycles. The summed E-state index contributed by atoms with van der Waals surface area (Å²) < 4.78 is 0. The molecule has 2 rings (SSSR count). The third kappa shape index (κ3) is 3.49. The highest BCUT2D eigenvalue weighted by Gasteiger charge is 2.15. The highest BCUT2D eigenvalue weighted by molar-refractivity contribution is 4.68. The molecule has 2 aliphatic rings. The standard InChI is InChI=1S/C4H9N.C3H6O/c1-5-3-2-4-5;4-3-1-2-3/h2-4H2,1H3;3-4H,1-2H2. The number of nitrogens with zero attached hydrogens (tertiary/aromatic N) is 1. The SMILES string of the molecule is CN1CCC1.OC1CC1. The maximum Gasteiger partial charge on any atom is 0.0542 e. The zero-order chi connectivity index (χ0) is 6.69. The van der Waals surface area contributed by atoms with E-state index in [2.05, 4.69) is 11.9 Å². The van der Waals surface area contributed by atoms with Crippen molar-refractivity contribution in [2.45, 2.75) is 25.4 Å². The quantitative estimate of drug-likeness (QED) is 0.513. The van der Waals surface area contributed by atoms with E-state index in [1.807, 2.05) is 0 Å². The van der Waals surface area contributed by atoms with Gasteiger partial charge in [0.1, 0.15) is 0 Å². The lowest BCUT2D eigenvalue weighted by Gasteiger charge is -2.24. The molecule has 0 unspecified atom stereocenters. The molecule has 2 heteroatoms. The molecule has 0 aromatic carbocycles. The van der Waals surface area contributed by atoms with Gasteiger partial charge in [0.2, 0.25) is 0 Å². The maximum atomic E-state index is 8.17. The van der Waals surface area contributed by atoms with Crippen LogP contribution in [-0.4, -0.2) is 36.2 Å². The van der Waals surface area contributed by atoms with E-state index in [1.165, 1.54) is 19.5 Å². The Bertz CT molecular complexity index is 77.0. The van der Waals surface area contributed by atoms with Crippen molar-refractivity contribution in [2.24, 2.45) is 0 Å². The van der Waals surface area contributed by atoms with Crippen LogP contribution in [0, 0.1) is 0 Å². The Labute approximate surface area is 56.5 Å². The van der Waals surface area contributed by atoms with Crippen LogP contribution < -0.4 is 0 Å². The van der Waals surface area contributed by atoms with E-state index < -0.39 is 0 Å². The van der Waals surface area contributed by atoms with Crippen molar-refractivity contribution in [3.8, 4) is 0 Å². The van der Waals surface area contributed by atoms with E-state index in [-0.39, 0.29) is 6.10 Å². The van der Waals surface area contributed by atoms with Crippen molar-refractivity contribution in [2.75, 3.05) is 20.1 Å². The average molecular weight is 129 g/mol. The van der Waals surface area contributed by atoms with Crippen LogP contribution in [-0.2, 0) is 0 Å². The molecule has 1 saturated heterocycles. The Balaban J connectivity index is 0.0000000922. The van der Waals surface area contributed by atoms with Gasteiger partial charge in [-0.05, 0) is 39.4 Å². The molecule has 0 radical (unpaired) electrons. The van der Waals surface area contributed by atoms with Crippen molar-refractivity contribution in [1.29, 1.82) is 0 Å². The monoisotopic (exact) mass is 129 g/mol. The van der Waals surface area contributed by atoms with Crippen LogP contribution in [0.5, 0.6) is 0 Å². The molecule has 0 bridgehead atoms. The van der Waals surface area contributed by atoms with Gasteiger partial charge in [0.25, 0.3) is 0 Å². The van der Waals surface area contributed by atoms with Gasteiger partial charge in [-0.1, -0.05) is 0 Å². The lowest BCUT2D eigenvalue weighted by molar-refractivity contribution is 0.229. The van der Waals surface area contributed by atoms with E-state index in [0.717, 1.165) is 12.8 Å². The molecule has 2 fully saturated rings. The first-order chi connectivity index (χ1) is 4.29. The smallest absolute Gasteiger partial charge is 0.0542 e. The fraction of sp³-hybridized carbons (Fsp3) is 1.00. The Morgan fingerprint density at radius 2 is 1.67 bits per heavy atom. The molecule has 0 atom stereocenters. The minimum absolute atomic E-state index is 0.0833. The van der Waals surface area contributed by atoms with E-state index in [1.54, 1.807) is 0 Å². The summed E-state index contributed by atoms with van der Waals surface area (Å²) in [5, 5.41) is 8.17. The van der Waals surface area contributed by atoms with E-state index >= 15 is 0 Å². The Hall–Kier alpha value is -0.0800. The minimum atomic E-state index is 0.0833. The summed E-state index contributed by atoms with van der Waals surface area (Å²) in [5.74, 6) is 0. The third-order valence-electron chi connectivity index (χ3n) is 1.63. The summed E-state index contributed by atoms with van der Waals surface area (Å²) in [5.41, 5.74) is 0. The molecule has 0 aromatic rings. The number of likely N-dealkylation sites (tertiary alicyclic amines) is 1. The van der Waals surface area contributed by atoms with Gasteiger partial charge in [-0.3, -0.25) is 0 Å².